The van der Waals surface area contributed by atoms with Crippen LogP contribution < -0.4 is 20.1 Å². The molecule has 4 nitrogen and oxygen atoms in total. The van der Waals surface area contributed by atoms with E-state index >= 15 is 0 Å². The zero-order valence-electron chi connectivity index (χ0n) is 16.8. The Labute approximate surface area is 164 Å². The van der Waals surface area contributed by atoms with Crippen molar-refractivity contribution in [2.75, 3.05) is 36.9 Å². The molecule has 0 heterocycles. The number of benzene rings is 2. The minimum Gasteiger partial charge on any atom is -0.494 e. The molecule has 0 fully saturated rings. The molecule has 0 radical (unpaired) electrons. The molecular formula is C23H34N2O2. The van der Waals surface area contributed by atoms with E-state index in [1.54, 1.807) is 0 Å². The quantitative estimate of drug-likeness (QED) is 0.403. The summed E-state index contributed by atoms with van der Waals surface area (Å²) in [5, 5.41) is 6.85. The summed E-state index contributed by atoms with van der Waals surface area (Å²) in [7, 11) is 0. The third-order valence-corrected chi connectivity index (χ3v) is 4.28. The van der Waals surface area contributed by atoms with Crippen molar-refractivity contribution in [3.63, 3.8) is 0 Å². The number of hydrogen-bond acceptors (Lipinski definition) is 4. The van der Waals surface area contributed by atoms with Gasteiger partial charge < -0.3 is 20.1 Å². The van der Waals surface area contributed by atoms with Crippen LogP contribution in [0.1, 0.15) is 46.0 Å². The van der Waals surface area contributed by atoms with Crippen molar-refractivity contribution < 1.29 is 9.47 Å². The predicted molar refractivity (Wildman–Crippen MR) is 115 cm³/mol. The molecule has 148 valence electrons. The van der Waals surface area contributed by atoms with Gasteiger partial charge in [-0.25, -0.2) is 0 Å². The minimum absolute atomic E-state index is 0.683. The Balaban J connectivity index is 1.66. The zero-order valence-corrected chi connectivity index (χ0v) is 16.8. The molecule has 2 aromatic rings. The number of ether oxygens (including phenoxy) is 2. The van der Waals surface area contributed by atoms with Crippen LogP contribution in [0.4, 0.5) is 11.4 Å². The first-order valence-electron chi connectivity index (χ1n) is 10.2. The number of anilines is 2. The third-order valence-electron chi connectivity index (χ3n) is 4.28. The molecule has 0 bridgehead atoms. The Hall–Kier alpha value is -2.36. The topological polar surface area (TPSA) is 42.5 Å². The second-order valence-electron chi connectivity index (χ2n) is 6.60. The normalized spacial score (nSPS) is 10.4. The van der Waals surface area contributed by atoms with Crippen LogP contribution >= 0.6 is 0 Å². The van der Waals surface area contributed by atoms with Gasteiger partial charge in [-0.2, -0.15) is 0 Å². The van der Waals surface area contributed by atoms with E-state index in [0.29, 0.717) is 6.61 Å². The fraction of sp³-hybridized carbons (Fsp3) is 0.478. The molecule has 2 N–H and O–H groups in total. The Morgan fingerprint density at radius 3 is 1.89 bits per heavy atom. The molecule has 0 aliphatic carbocycles. The maximum Gasteiger partial charge on any atom is 0.121 e. The number of nitrogens with one attached hydrogen (secondary N) is 2. The largest absolute Gasteiger partial charge is 0.494 e. The maximum atomic E-state index is 5.87. The lowest BCUT2D eigenvalue weighted by Crippen LogP contribution is -2.13. The minimum atomic E-state index is 0.683. The lowest BCUT2D eigenvalue weighted by Gasteiger charge is -2.12. The Morgan fingerprint density at radius 2 is 1.30 bits per heavy atom. The van der Waals surface area contributed by atoms with Crippen LogP contribution in [0.15, 0.2) is 48.5 Å². The van der Waals surface area contributed by atoms with Crippen LogP contribution in [-0.2, 0) is 0 Å². The number of unbranched alkanes of at least 4 members (excludes halogenated alkanes) is 4. The smallest absolute Gasteiger partial charge is 0.121 e. The van der Waals surface area contributed by atoms with E-state index in [0.717, 1.165) is 49.0 Å². The summed E-state index contributed by atoms with van der Waals surface area (Å²) in [6.07, 6.45) is 6.29. The summed E-state index contributed by atoms with van der Waals surface area (Å²) < 4.78 is 11.4. The second-order valence-corrected chi connectivity index (χ2v) is 6.60. The molecule has 2 rings (SSSR count). The van der Waals surface area contributed by atoms with Gasteiger partial charge in [0.25, 0.3) is 0 Å². The van der Waals surface area contributed by atoms with E-state index in [9.17, 15) is 0 Å². The first-order chi connectivity index (χ1) is 13.3. The molecule has 27 heavy (non-hydrogen) atoms. The summed E-state index contributed by atoms with van der Waals surface area (Å²) in [4.78, 5) is 0. The van der Waals surface area contributed by atoms with E-state index in [-0.39, 0.29) is 0 Å². The summed E-state index contributed by atoms with van der Waals surface area (Å²) in [6.45, 7) is 7.38. The lowest BCUT2D eigenvalue weighted by molar-refractivity contribution is 0.304. The van der Waals surface area contributed by atoms with Crippen molar-refractivity contribution >= 4 is 11.4 Å². The van der Waals surface area contributed by atoms with Gasteiger partial charge in [0.2, 0.25) is 0 Å². The molecule has 0 aliphatic heterocycles. The Bertz CT molecular complexity index is 646. The van der Waals surface area contributed by atoms with Crippen LogP contribution in [0.3, 0.4) is 0 Å². The van der Waals surface area contributed by atoms with Gasteiger partial charge in [0.1, 0.15) is 11.5 Å². The van der Waals surface area contributed by atoms with Crippen molar-refractivity contribution in [3.05, 3.63) is 48.5 Å². The van der Waals surface area contributed by atoms with Crippen molar-refractivity contribution in [3.8, 4) is 11.5 Å². The third kappa shape index (κ3) is 8.72. The molecule has 0 saturated carbocycles. The SMILES string of the molecule is CCCCCCCOc1cccc(NCCNc2cccc(OCC)c2)c1. The molecule has 0 unspecified atom stereocenters. The fourth-order valence-corrected chi connectivity index (χ4v) is 2.87. The van der Waals surface area contributed by atoms with Gasteiger partial charge in [0, 0.05) is 36.6 Å². The van der Waals surface area contributed by atoms with Crippen molar-refractivity contribution in [2.24, 2.45) is 0 Å². The zero-order chi connectivity index (χ0) is 19.2. The predicted octanol–water partition coefficient (Wildman–Crippen LogP) is 5.96. The molecular weight excluding hydrogens is 336 g/mol. The Kier molecular flexibility index (Phi) is 10.0. The second kappa shape index (κ2) is 12.9. The average Bonchev–Trinajstić information content (AvgIpc) is 2.69. The summed E-state index contributed by atoms with van der Waals surface area (Å²) in [5.74, 6) is 1.84. The molecule has 4 heteroatoms. The first-order valence-corrected chi connectivity index (χ1v) is 10.2. The van der Waals surface area contributed by atoms with Gasteiger partial charge in [-0.05, 0) is 37.6 Å². The molecule has 0 saturated heterocycles. The van der Waals surface area contributed by atoms with Crippen molar-refractivity contribution in [2.45, 2.75) is 46.0 Å². The van der Waals surface area contributed by atoms with Crippen LogP contribution in [0.2, 0.25) is 0 Å². The van der Waals surface area contributed by atoms with Crippen LogP contribution in [0.25, 0.3) is 0 Å². The van der Waals surface area contributed by atoms with Crippen LogP contribution in [-0.4, -0.2) is 26.3 Å². The highest BCUT2D eigenvalue weighted by Gasteiger charge is 1.99. The number of rotatable bonds is 14. The van der Waals surface area contributed by atoms with Crippen molar-refractivity contribution in [1.82, 2.24) is 0 Å². The molecule has 2 aromatic carbocycles. The van der Waals surface area contributed by atoms with E-state index < -0.39 is 0 Å². The maximum absolute atomic E-state index is 5.87. The summed E-state index contributed by atoms with van der Waals surface area (Å²) >= 11 is 0. The lowest BCUT2D eigenvalue weighted by atomic mass is 10.2. The van der Waals surface area contributed by atoms with Gasteiger partial charge in [0.15, 0.2) is 0 Å². The van der Waals surface area contributed by atoms with Gasteiger partial charge in [-0.1, -0.05) is 44.7 Å². The molecule has 0 aromatic heterocycles. The monoisotopic (exact) mass is 370 g/mol. The van der Waals surface area contributed by atoms with Gasteiger partial charge in [-0.3, -0.25) is 0 Å². The highest BCUT2D eigenvalue weighted by Crippen LogP contribution is 2.19. The molecule has 0 atom stereocenters. The van der Waals surface area contributed by atoms with Crippen molar-refractivity contribution in [1.29, 1.82) is 0 Å². The highest BCUT2D eigenvalue weighted by atomic mass is 16.5. The standard InChI is InChI=1S/C23H34N2O2/c1-3-5-6-7-8-17-27-23-14-10-12-21(19-23)25-16-15-24-20-11-9-13-22(18-20)26-4-2/h9-14,18-19,24-25H,3-8,15-17H2,1-2H3. The highest BCUT2D eigenvalue weighted by molar-refractivity contribution is 5.50. The Morgan fingerprint density at radius 1 is 0.704 bits per heavy atom. The van der Waals surface area contributed by atoms with E-state index in [2.05, 4.69) is 35.8 Å². The number of hydrogen-bond donors (Lipinski definition) is 2. The van der Waals surface area contributed by atoms with Gasteiger partial charge >= 0.3 is 0 Å². The van der Waals surface area contributed by atoms with Crippen LogP contribution in [0.5, 0.6) is 11.5 Å². The van der Waals surface area contributed by atoms with Gasteiger partial charge in [0.05, 0.1) is 13.2 Å². The van der Waals surface area contributed by atoms with Gasteiger partial charge in [-0.15, -0.1) is 0 Å². The fourth-order valence-electron chi connectivity index (χ4n) is 2.87. The molecule has 0 aliphatic rings. The first kappa shape index (κ1) is 20.9. The molecule has 0 amide bonds. The van der Waals surface area contributed by atoms with E-state index in [4.69, 9.17) is 9.47 Å². The summed E-state index contributed by atoms with van der Waals surface area (Å²) in [6, 6.07) is 16.3. The van der Waals surface area contributed by atoms with E-state index in [1.807, 2.05) is 37.3 Å². The summed E-state index contributed by atoms with van der Waals surface area (Å²) in [5.41, 5.74) is 2.16. The average molecular weight is 371 g/mol. The van der Waals surface area contributed by atoms with E-state index in [1.165, 1.54) is 25.7 Å². The van der Waals surface area contributed by atoms with Crippen LogP contribution in [0, 0.1) is 0 Å². The molecule has 0 spiro atoms.